The van der Waals surface area contributed by atoms with Crippen LogP contribution in [0.1, 0.15) is 59.2 Å². The molecule has 0 aliphatic rings. The molecule has 2 rings (SSSR count). The van der Waals surface area contributed by atoms with Crippen LogP contribution in [0, 0.1) is 6.92 Å². The van der Waals surface area contributed by atoms with Gasteiger partial charge in [0.15, 0.2) is 5.96 Å². The molecule has 2 unspecified atom stereocenters. The predicted molar refractivity (Wildman–Crippen MR) is 143 cm³/mol. The second-order valence-corrected chi connectivity index (χ2v) is 8.62. The van der Waals surface area contributed by atoms with E-state index in [-0.39, 0.29) is 36.0 Å². The van der Waals surface area contributed by atoms with E-state index in [4.69, 9.17) is 4.74 Å². The number of ether oxygens (including phenoxy) is 1. The molecule has 9 heteroatoms. The first kappa shape index (κ1) is 28.3. The van der Waals surface area contributed by atoms with Crippen molar-refractivity contribution in [3.05, 3.63) is 51.5 Å². The third-order valence-electron chi connectivity index (χ3n) is 5.10. The highest BCUT2D eigenvalue weighted by Crippen LogP contribution is 2.24. The first-order chi connectivity index (χ1) is 14.8. The van der Waals surface area contributed by atoms with E-state index in [1.54, 1.807) is 14.0 Å². The Labute approximate surface area is 213 Å². The summed E-state index contributed by atoms with van der Waals surface area (Å²) >= 11 is 1.36. The van der Waals surface area contributed by atoms with Gasteiger partial charge in [-0.15, -0.1) is 35.3 Å². The molecule has 7 nitrogen and oxygen atoms in total. The number of rotatable bonds is 10. The zero-order valence-electron chi connectivity index (χ0n) is 19.8. The summed E-state index contributed by atoms with van der Waals surface area (Å²) in [6, 6.07) is 10.9. The number of guanidine groups is 1. The van der Waals surface area contributed by atoms with Crippen LogP contribution in [0.2, 0.25) is 0 Å². The van der Waals surface area contributed by atoms with Gasteiger partial charge in [-0.05, 0) is 46.7 Å². The Hall–Kier alpha value is -1.72. The average molecular weight is 574 g/mol. The summed E-state index contributed by atoms with van der Waals surface area (Å²) in [6.45, 7) is 9.97. The molecule has 0 amide bonds. The van der Waals surface area contributed by atoms with Gasteiger partial charge in [0.2, 0.25) is 0 Å². The number of hydrogen-bond donors (Lipinski definition) is 2. The van der Waals surface area contributed by atoms with Crippen LogP contribution in [0.3, 0.4) is 0 Å². The number of carbonyl (C=O) groups is 1. The van der Waals surface area contributed by atoms with Crippen molar-refractivity contribution in [2.45, 2.75) is 52.7 Å². The minimum Gasteiger partial charge on any atom is -0.462 e. The van der Waals surface area contributed by atoms with E-state index in [1.807, 2.05) is 19.9 Å². The van der Waals surface area contributed by atoms with Crippen LogP contribution >= 0.6 is 35.3 Å². The zero-order chi connectivity index (χ0) is 22.8. The highest BCUT2D eigenvalue weighted by Gasteiger charge is 2.20. The molecular formula is C23H36IN5O2S. The maximum atomic E-state index is 12.0. The number of esters is 1. The van der Waals surface area contributed by atoms with Crippen LogP contribution < -0.4 is 10.6 Å². The van der Waals surface area contributed by atoms with Crippen LogP contribution in [-0.4, -0.2) is 55.1 Å². The number of carbonyl (C=O) groups excluding carboxylic acids is 1. The average Bonchev–Trinajstić information content (AvgIpc) is 3.15. The van der Waals surface area contributed by atoms with Crippen molar-refractivity contribution in [3.8, 4) is 0 Å². The Bertz CT molecular complexity index is 859. The van der Waals surface area contributed by atoms with Crippen molar-refractivity contribution < 1.29 is 9.53 Å². The van der Waals surface area contributed by atoms with Crippen LogP contribution in [0.4, 0.5) is 0 Å². The van der Waals surface area contributed by atoms with Crippen molar-refractivity contribution in [2.24, 2.45) is 4.99 Å². The van der Waals surface area contributed by atoms with E-state index in [2.05, 4.69) is 63.7 Å². The van der Waals surface area contributed by atoms with Crippen molar-refractivity contribution in [3.63, 3.8) is 0 Å². The van der Waals surface area contributed by atoms with Crippen molar-refractivity contribution in [1.82, 2.24) is 20.5 Å². The smallest absolute Gasteiger partial charge is 0.350 e. The Morgan fingerprint density at radius 3 is 2.59 bits per heavy atom. The Morgan fingerprint density at radius 2 is 1.97 bits per heavy atom. The molecule has 178 valence electrons. The third kappa shape index (κ3) is 8.67. The molecule has 0 radical (unpaired) electrons. The van der Waals surface area contributed by atoms with Gasteiger partial charge in [-0.2, -0.15) is 0 Å². The normalized spacial score (nSPS) is 13.3. The van der Waals surface area contributed by atoms with Gasteiger partial charge in [-0.25, -0.2) is 9.78 Å². The first-order valence-electron chi connectivity index (χ1n) is 10.7. The molecule has 32 heavy (non-hydrogen) atoms. The van der Waals surface area contributed by atoms with Crippen molar-refractivity contribution >= 4 is 47.2 Å². The largest absolute Gasteiger partial charge is 0.462 e. The van der Waals surface area contributed by atoms with Gasteiger partial charge >= 0.3 is 5.97 Å². The Balaban J connectivity index is 0.00000512. The van der Waals surface area contributed by atoms with Gasteiger partial charge in [-0.3, -0.25) is 9.89 Å². The number of aryl methyl sites for hydroxylation is 1. The maximum absolute atomic E-state index is 12.0. The lowest BCUT2D eigenvalue weighted by Gasteiger charge is -2.25. The molecule has 0 saturated heterocycles. The van der Waals surface area contributed by atoms with Gasteiger partial charge in [0, 0.05) is 26.2 Å². The van der Waals surface area contributed by atoms with Gasteiger partial charge in [0.1, 0.15) is 9.88 Å². The summed E-state index contributed by atoms with van der Waals surface area (Å²) < 4.78 is 5.11. The Kier molecular flexibility index (Phi) is 12.8. The summed E-state index contributed by atoms with van der Waals surface area (Å²) in [5.74, 6) is 0.406. The van der Waals surface area contributed by atoms with E-state index in [9.17, 15) is 4.79 Å². The molecule has 0 aliphatic heterocycles. The number of thiazole rings is 1. The second kappa shape index (κ2) is 14.4. The van der Waals surface area contributed by atoms with E-state index < -0.39 is 0 Å². The molecule has 0 spiro atoms. The monoisotopic (exact) mass is 573 g/mol. The highest BCUT2D eigenvalue weighted by atomic mass is 127. The van der Waals surface area contributed by atoms with Crippen LogP contribution in [0.25, 0.3) is 0 Å². The lowest BCUT2D eigenvalue weighted by atomic mass is 10.1. The molecule has 1 aromatic carbocycles. The van der Waals surface area contributed by atoms with Crippen molar-refractivity contribution in [1.29, 1.82) is 0 Å². The minimum atomic E-state index is -0.313. The van der Waals surface area contributed by atoms with Crippen LogP contribution in [0.5, 0.6) is 0 Å². The number of benzene rings is 1. The van der Waals surface area contributed by atoms with Gasteiger partial charge in [0.25, 0.3) is 0 Å². The number of nitrogens with one attached hydrogen (secondary N) is 2. The lowest BCUT2D eigenvalue weighted by molar-refractivity contribution is 0.0531. The Morgan fingerprint density at radius 1 is 1.28 bits per heavy atom. The van der Waals surface area contributed by atoms with Crippen molar-refractivity contribution in [2.75, 3.05) is 27.2 Å². The van der Waals surface area contributed by atoms with E-state index in [1.165, 1.54) is 16.9 Å². The second-order valence-electron chi connectivity index (χ2n) is 7.59. The van der Waals surface area contributed by atoms with E-state index in [0.717, 1.165) is 30.5 Å². The van der Waals surface area contributed by atoms with Gasteiger partial charge < -0.3 is 15.4 Å². The van der Waals surface area contributed by atoms with Gasteiger partial charge in [-0.1, -0.05) is 30.3 Å². The van der Waals surface area contributed by atoms with E-state index in [0.29, 0.717) is 23.2 Å². The summed E-state index contributed by atoms with van der Waals surface area (Å²) in [7, 11) is 3.91. The predicted octanol–water partition coefficient (Wildman–Crippen LogP) is 4.38. The molecule has 2 aromatic rings. The molecule has 0 saturated carbocycles. The highest BCUT2D eigenvalue weighted by molar-refractivity contribution is 14.0. The third-order valence-corrected chi connectivity index (χ3v) is 6.42. The quantitative estimate of drug-likeness (QED) is 0.190. The minimum absolute atomic E-state index is 0. The number of aromatic nitrogens is 1. The van der Waals surface area contributed by atoms with Gasteiger partial charge in [0.05, 0.1) is 18.3 Å². The molecule has 1 aromatic heterocycles. The standard InChI is InChI=1S/C23H35N5O2S.HI/c1-7-30-22(29)20-17(3)26-21(31-20)18(4)27-23(24-5)25-14-13-16(2)28(6)15-19-11-9-8-10-12-19;/h8-12,16,18H,7,13-15H2,1-6H3,(H2,24,25,27);1H. The summed E-state index contributed by atoms with van der Waals surface area (Å²) in [5, 5.41) is 7.57. The molecule has 1 heterocycles. The molecule has 2 atom stereocenters. The molecule has 0 fully saturated rings. The number of halogens is 1. The number of aliphatic imine (C=N–C) groups is 1. The molecular weight excluding hydrogens is 537 g/mol. The topological polar surface area (TPSA) is 78.8 Å². The lowest BCUT2D eigenvalue weighted by Crippen LogP contribution is -2.41. The maximum Gasteiger partial charge on any atom is 0.350 e. The van der Waals surface area contributed by atoms with Crippen LogP contribution in [-0.2, 0) is 11.3 Å². The van der Waals surface area contributed by atoms with E-state index >= 15 is 0 Å². The number of hydrogen-bond acceptors (Lipinski definition) is 6. The molecule has 2 N–H and O–H groups in total. The van der Waals surface area contributed by atoms with Crippen LogP contribution in [0.15, 0.2) is 35.3 Å². The zero-order valence-corrected chi connectivity index (χ0v) is 23.0. The SMILES string of the molecule is CCOC(=O)c1sc(C(C)NC(=NC)NCCC(C)N(C)Cc2ccccc2)nc1C.I. The molecule has 0 aliphatic carbocycles. The fourth-order valence-electron chi connectivity index (χ4n) is 3.10. The summed E-state index contributed by atoms with van der Waals surface area (Å²) in [4.78, 5) is 23.8. The summed E-state index contributed by atoms with van der Waals surface area (Å²) in [5.41, 5.74) is 2.02. The fraction of sp³-hybridized carbons (Fsp3) is 0.522. The number of nitrogens with zero attached hydrogens (tertiary/aromatic N) is 3. The summed E-state index contributed by atoms with van der Waals surface area (Å²) in [6.07, 6.45) is 0.988. The fourth-order valence-corrected chi connectivity index (χ4v) is 4.06. The first-order valence-corrected chi connectivity index (χ1v) is 11.5. The molecule has 0 bridgehead atoms.